The second-order valence-corrected chi connectivity index (χ2v) is 10.1. The monoisotopic (exact) mass is 472 g/mol. The standard InChI is InChI=1S/C24H29FN4O3S/c1-23(2,31)13-27-12-15-6-5-7-20(28-15)29-22-17(21(26)30)11-19(33-22)16-9-8-14(10-18(16)25)24(3,4)32/h5-11,27,31-32H,12-13H2,1-4H3,(H2,26,30)(H,28,29). The van der Waals surface area contributed by atoms with Crippen molar-refractivity contribution in [3.05, 3.63) is 65.1 Å². The number of hydrogen-bond acceptors (Lipinski definition) is 7. The first-order valence-electron chi connectivity index (χ1n) is 10.5. The number of carbonyl (C=O) groups excluding carboxylic acids is 1. The molecule has 0 aliphatic heterocycles. The lowest BCUT2D eigenvalue weighted by atomic mass is 9.96. The van der Waals surface area contributed by atoms with Crippen molar-refractivity contribution in [1.29, 1.82) is 0 Å². The first-order chi connectivity index (χ1) is 15.3. The number of pyridine rings is 1. The number of thiophene rings is 1. The van der Waals surface area contributed by atoms with Gasteiger partial charge in [0.05, 0.1) is 22.5 Å². The lowest BCUT2D eigenvalue weighted by Gasteiger charge is -2.18. The van der Waals surface area contributed by atoms with E-state index in [9.17, 15) is 19.4 Å². The largest absolute Gasteiger partial charge is 0.389 e. The summed E-state index contributed by atoms with van der Waals surface area (Å²) in [4.78, 5) is 17.1. The molecule has 0 fully saturated rings. The van der Waals surface area contributed by atoms with E-state index in [1.165, 1.54) is 17.4 Å². The van der Waals surface area contributed by atoms with Crippen LogP contribution in [0.3, 0.4) is 0 Å². The van der Waals surface area contributed by atoms with Gasteiger partial charge in [0.1, 0.15) is 16.6 Å². The molecular weight excluding hydrogens is 443 g/mol. The molecule has 0 aliphatic rings. The number of aliphatic hydroxyl groups is 2. The third-order valence-electron chi connectivity index (χ3n) is 4.85. The van der Waals surface area contributed by atoms with Crippen LogP contribution in [0, 0.1) is 5.82 Å². The van der Waals surface area contributed by atoms with Gasteiger partial charge in [-0.2, -0.15) is 0 Å². The average Bonchev–Trinajstić information content (AvgIpc) is 3.10. The SMILES string of the molecule is CC(C)(O)CNCc1cccc(Nc2sc(-c3ccc(C(C)(C)O)cc3F)cc2C(N)=O)n1. The second-order valence-electron chi connectivity index (χ2n) is 9.03. The topological polar surface area (TPSA) is 120 Å². The summed E-state index contributed by atoms with van der Waals surface area (Å²) in [6.45, 7) is 7.46. The Bertz CT molecular complexity index is 1150. The number of anilines is 2. The number of nitrogens with one attached hydrogen (secondary N) is 2. The predicted octanol–water partition coefficient (Wildman–Crippen LogP) is 3.88. The molecule has 2 aromatic heterocycles. The first kappa shape index (κ1) is 24.8. The Kier molecular flexibility index (Phi) is 7.18. The Hall–Kier alpha value is -2.85. The maximum absolute atomic E-state index is 14.8. The molecule has 7 nitrogen and oxygen atoms in total. The van der Waals surface area contributed by atoms with Crippen molar-refractivity contribution in [3.63, 3.8) is 0 Å². The van der Waals surface area contributed by atoms with E-state index < -0.39 is 22.9 Å². The molecule has 0 bridgehead atoms. The van der Waals surface area contributed by atoms with E-state index in [1.54, 1.807) is 52.0 Å². The number of amides is 1. The van der Waals surface area contributed by atoms with E-state index in [4.69, 9.17) is 5.73 Å². The highest BCUT2D eigenvalue weighted by molar-refractivity contribution is 7.19. The molecule has 0 aliphatic carbocycles. The summed E-state index contributed by atoms with van der Waals surface area (Å²) in [5.74, 6) is -0.640. The number of nitrogens with two attached hydrogens (primary N) is 1. The lowest BCUT2D eigenvalue weighted by Crippen LogP contribution is -2.34. The van der Waals surface area contributed by atoms with Crippen molar-refractivity contribution >= 4 is 28.1 Å². The molecule has 33 heavy (non-hydrogen) atoms. The molecule has 0 spiro atoms. The van der Waals surface area contributed by atoms with Crippen molar-refractivity contribution in [2.45, 2.75) is 45.4 Å². The highest BCUT2D eigenvalue weighted by Crippen LogP contribution is 2.38. The number of primary amides is 1. The molecule has 176 valence electrons. The van der Waals surface area contributed by atoms with Crippen LogP contribution in [0.1, 0.15) is 49.3 Å². The number of aromatic nitrogens is 1. The van der Waals surface area contributed by atoms with Crippen LogP contribution >= 0.6 is 11.3 Å². The minimum absolute atomic E-state index is 0.230. The molecule has 9 heteroatoms. The summed E-state index contributed by atoms with van der Waals surface area (Å²) in [6, 6.07) is 11.5. The van der Waals surface area contributed by atoms with E-state index in [1.807, 2.05) is 12.1 Å². The van der Waals surface area contributed by atoms with Crippen LogP contribution in [0.2, 0.25) is 0 Å². The molecule has 2 heterocycles. The number of hydrogen-bond donors (Lipinski definition) is 5. The van der Waals surface area contributed by atoms with Gasteiger partial charge in [0, 0.05) is 23.5 Å². The molecule has 1 aromatic carbocycles. The number of nitrogens with zero attached hydrogens (tertiary/aromatic N) is 1. The van der Waals surface area contributed by atoms with E-state index in [0.29, 0.717) is 39.9 Å². The molecule has 3 rings (SSSR count). The molecule has 0 saturated heterocycles. The lowest BCUT2D eigenvalue weighted by molar-refractivity contribution is 0.0780. The number of benzene rings is 1. The van der Waals surface area contributed by atoms with Gasteiger partial charge in [-0.1, -0.05) is 18.2 Å². The minimum Gasteiger partial charge on any atom is -0.389 e. The maximum atomic E-state index is 14.8. The Morgan fingerprint density at radius 3 is 2.48 bits per heavy atom. The van der Waals surface area contributed by atoms with Gasteiger partial charge in [0.2, 0.25) is 0 Å². The van der Waals surface area contributed by atoms with Gasteiger partial charge in [-0.05, 0) is 57.5 Å². The van der Waals surface area contributed by atoms with Crippen molar-refractivity contribution in [1.82, 2.24) is 10.3 Å². The van der Waals surface area contributed by atoms with Crippen LogP contribution in [0.25, 0.3) is 10.4 Å². The summed E-state index contributed by atoms with van der Waals surface area (Å²) in [7, 11) is 0. The van der Waals surface area contributed by atoms with Crippen LogP contribution < -0.4 is 16.4 Å². The summed E-state index contributed by atoms with van der Waals surface area (Å²) in [6.07, 6.45) is 0. The summed E-state index contributed by atoms with van der Waals surface area (Å²) in [5.41, 5.74) is 5.29. The minimum atomic E-state index is -1.17. The fraction of sp³-hybridized carbons (Fsp3) is 0.333. The van der Waals surface area contributed by atoms with Gasteiger partial charge in [-0.15, -0.1) is 11.3 Å². The molecule has 0 unspecified atom stereocenters. The molecule has 0 radical (unpaired) electrons. The fourth-order valence-electron chi connectivity index (χ4n) is 3.16. The Morgan fingerprint density at radius 2 is 1.88 bits per heavy atom. The molecule has 0 saturated carbocycles. The Morgan fingerprint density at radius 1 is 1.15 bits per heavy atom. The number of carbonyl (C=O) groups is 1. The number of rotatable bonds is 9. The van der Waals surface area contributed by atoms with Gasteiger partial charge >= 0.3 is 0 Å². The molecule has 6 N–H and O–H groups in total. The van der Waals surface area contributed by atoms with Crippen LogP contribution in [0.4, 0.5) is 15.2 Å². The van der Waals surface area contributed by atoms with Gasteiger partial charge in [0.25, 0.3) is 5.91 Å². The second kappa shape index (κ2) is 9.56. The quantitative estimate of drug-likeness (QED) is 0.322. The smallest absolute Gasteiger partial charge is 0.251 e. The third-order valence-corrected chi connectivity index (χ3v) is 5.93. The normalized spacial score (nSPS) is 12.1. The van der Waals surface area contributed by atoms with Crippen molar-refractivity contribution < 1.29 is 19.4 Å². The fourth-order valence-corrected chi connectivity index (χ4v) is 4.25. The van der Waals surface area contributed by atoms with Crippen LogP contribution in [-0.4, -0.2) is 33.3 Å². The van der Waals surface area contributed by atoms with Gasteiger partial charge in [-0.25, -0.2) is 9.37 Å². The van der Waals surface area contributed by atoms with Crippen molar-refractivity contribution in [3.8, 4) is 10.4 Å². The summed E-state index contributed by atoms with van der Waals surface area (Å²) >= 11 is 1.19. The summed E-state index contributed by atoms with van der Waals surface area (Å²) in [5, 5.41) is 26.6. The average molecular weight is 473 g/mol. The van der Waals surface area contributed by atoms with Gasteiger partial charge in [0.15, 0.2) is 0 Å². The van der Waals surface area contributed by atoms with Crippen LogP contribution in [0.5, 0.6) is 0 Å². The Balaban J connectivity index is 1.85. The zero-order valence-corrected chi connectivity index (χ0v) is 19.9. The van der Waals surface area contributed by atoms with E-state index >= 15 is 0 Å². The van der Waals surface area contributed by atoms with Gasteiger partial charge < -0.3 is 26.6 Å². The highest BCUT2D eigenvalue weighted by atomic mass is 32.1. The number of halogens is 1. The Labute approximate surface area is 196 Å². The zero-order valence-electron chi connectivity index (χ0n) is 19.1. The van der Waals surface area contributed by atoms with Crippen LogP contribution in [-0.2, 0) is 12.1 Å². The molecule has 1 amide bonds. The zero-order chi connectivity index (χ0) is 24.4. The highest BCUT2D eigenvalue weighted by Gasteiger charge is 2.21. The predicted molar refractivity (Wildman–Crippen MR) is 129 cm³/mol. The molecular formula is C24H29FN4O3S. The van der Waals surface area contributed by atoms with E-state index in [-0.39, 0.29) is 5.56 Å². The van der Waals surface area contributed by atoms with E-state index in [2.05, 4.69) is 15.6 Å². The third kappa shape index (κ3) is 6.58. The van der Waals surface area contributed by atoms with Crippen LogP contribution in [0.15, 0.2) is 42.5 Å². The summed E-state index contributed by atoms with van der Waals surface area (Å²) < 4.78 is 14.8. The van der Waals surface area contributed by atoms with E-state index in [0.717, 1.165) is 5.69 Å². The van der Waals surface area contributed by atoms with Crippen molar-refractivity contribution in [2.24, 2.45) is 5.73 Å². The first-order valence-corrected chi connectivity index (χ1v) is 11.3. The molecule has 0 atom stereocenters. The van der Waals surface area contributed by atoms with Gasteiger partial charge in [-0.3, -0.25) is 4.79 Å². The molecule has 3 aromatic rings. The maximum Gasteiger partial charge on any atom is 0.251 e. The van der Waals surface area contributed by atoms with Crippen molar-refractivity contribution in [2.75, 3.05) is 11.9 Å².